The van der Waals surface area contributed by atoms with E-state index >= 15 is 0 Å². The predicted octanol–water partition coefficient (Wildman–Crippen LogP) is 3.21. The van der Waals surface area contributed by atoms with Gasteiger partial charge in [0.1, 0.15) is 5.82 Å². The molecule has 2 amide bonds. The van der Waals surface area contributed by atoms with Crippen LogP contribution in [0.25, 0.3) is 0 Å². The summed E-state index contributed by atoms with van der Waals surface area (Å²) in [6.45, 7) is 4.06. The molecule has 158 valence electrons. The molecule has 2 aliphatic rings. The number of fused-ring (bicyclic) bond motifs is 1. The highest BCUT2D eigenvalue weighted by molar-refractivity contribution is 6.33. The minimum atomic E-state index is -0.567. The highest BCUT2D eigenvalue weighted by Gasteiger charge is 2.42. The van der Waals surface area contributed by atoms with Gasteiger partial charge in [-0.05, 0) is 55.0 Å². The molecule has 0 spiro atoms. The molecule has 0 bridgehead atoms. The zero-order valence-electron chi connectivity index (χ0n) is 16.7. The van der Waals surface area contributed by atoms with Crippen molar-refractivity contribution < 1.29 is 14.0 Å². The lowest BCUT2D eigenvalue weighted by atomic mass is 10.0. The molecule has 2 atom stereocenters. The Bertz CT molecular complexity index is 933. The molecular weight excluding hydrogens is 405 g/mol. The monoisotopic (exact) mass is 429 g/mol. The summed E-state index contributed by atoms with van der Waals surface area (Å²) in [6, 6.07) is 11.8. The van der Waals surface area contributed by atoms with Gasteiger partial charge in [-0.1, -0.05) is 35.9 Å². The minimum Gasteiger partial charge on any atom is -0.366 e. The van der Waals surface area contributed by atoms with Crippen LogP contribution in [0.1, 0.15) is 32.7 Å². The van der Waals surface area contributed by atoms with Crippen LogP contribution < -0.4 is 5.73 Å². The lowest BCUT2D eigenvalue weighted by Crippen LogP contribution is -2.34. The van der Waals surface area contributed by atoms with Crippen molar-refractivity contribution in [1.82, 2.24) is 9.80 Å². The Kier molecular flexibility index (Phi) is 6.06. The average Bonchev–Trinajstić information content (AvgIpc) is 3.27. The predicted molar refractivity (Wildman–Crippen MR) is 114 cm³/mol. The van der Waals surface area contributed by atoms with E-state index < -0.39 is 5.82 Å². The van der Waals surface area contributed by atoms with Gasteiger partial charge >= 0.3 is 0 Å². The topological polar surface area (TPSA) is 66.6 Å². The van der Waals surface area contributed by atoms with Crippen LogP contribution in [0.4, 0.5) is 4.39 Å². The van der Waals surface area contributed by atoms with Crippen LogP contribution in [0.5, 0.6) is 0 Å². The average molecular weight is 430 g/mol. The first-order chi connectivity index (χ1) is 14.4. The summed E-state index contributed by atoms with van der Waals surface area (Å²) < 4.78 is 14.1. The number of nitrogens with two attached hydrogens (primary N) is 1. The lowest BCUT2D eigenvalue weighted by molar-refractivity contribution is 0.0769. The van der Waals surface area contributed by atoms with Gasteiger partial charge in [0.15, 0.2) is 0 Å². The summed E-state index contributed by atoms with van der Waals surface area (Å²) in [6.07, 6.45) is 1.75. The van der Waals surface area contributed by atoms with Crippen LogP contribution in [0.3, 0.4) is 0 Å². The quantitative estimate of drug-likeness (QED) is 0.766. The van der Waals surface area contributed by atoms with Crippen molar-refractivity contribution in [1.29, 1.82) is 0 Å². The maximum absolute atomic E-state index is 14.1. The Labute approximate surface area is 180 Å². The summed E-state index contributed by atoms with van der Waals surface area (Å²) >= 11 is 6.06. The van der Waals surface area contributed by atoms with Gasteiger partial charge in [0.25, 0.3) is 5.91 Å². The number of likely N-dealkylation sites (tertiary alicyclic amines) is 2. The molecule has 0 aromatic heterocycles. The SMILES string of the molecule is NC(=O)c1ccccc1CCCN1CC2CN(C(=O)c3c(F)cccc3Cl)C[C@@H]2C1. The Hall–Kier alpha value is -2.44. The molecule has 0 aliphatic carbocycles. The normalized spacial score (nSPS) is 21.1. The number of hydrogen-bond acceptors (Lipinski definition) is 3. The van der Waals surface area contributed by atoms with Crippen molar-refractivity contribution in [2.75, 3.05) is 32.7 Å². The van der Waals surface area contributed by atoms with Crippen molar-refractivity contribution in [3.63, 3.8) is 0 Å². The van der Waals surface area contributed by atoms with Gasteiger partial charge < -0.3 is 15.5 Å². The first kappa shape index (κ1) is 20.8. The summed E-state index contributed by atoms with van der Waals surface area (Å²) in [5.74, 6) is -0.472. The standard InChI is InChI=1S/C23H25ClFN3O2/c24-19-8-3-9-20(25)21(19)23(30)28-13-16-11-27(12-17(16)14-28)10-4-6-15-5-1-2-7-18(15)22(26)29/h1-3,5,7-9,16-17H,4,6,10-14H2,(H2,26,29)/t16-,17?/m0/s1. The van der Waals surface area contributed by atoms with Crippen LogP contribution >= 0.6 is 11.6 Å². The van der Waals surface area contributed by atoms with E-state index in [1.807, 2.05) is 18.2 Å². The molecule has 2 N–H and O–H groups in total. The number of carbonyl (C=O) groups is 2. The van der Waals surface area contributed by atoms with E-state index in [1.165, 1.54) is 12.1 Å². The molecule has 2 aliphatic heterocycles. The van der Waals surface area contributed by atoms with Gasteiger partial charge in [-0.3, -0.25) is 9.59 Å². The molecule has 1 unspecified atom stereocenters. The van der Waals surface area contributed by atoms with Crippen molar-refractivity contribution >= 4 is 23.4 Å². The number of hydrogen-bond donors (Lipinski definition) is 1. The summed E-state index contributed by atoms with van der Waals surface area (Å²) in [7, 11) is 0. The molecule has 30 heavy (non-hydrogen) atoms. The number of rotatable bonds is 6. The van der Waals surface area contributed by atoms with Crippen LogP contribution in [-0.2, 0) is 6.42 Å². The number of carbonyl (C=O) groups excluding carboxylic acids is 2. The van der Waals surface area contributed by atoms with E-state index in [0.29, 0.717) is 30.5 Å². The van der Waals surface area contributed by atoms with Gasteiger partial charge in [-0.25, -0.2) is 4.39 Å². The lowest BCUT2D eigenvalue weighted by Gasteiger charge is -2.22. The number of benzene rings is 2. The van der Waals surface area contributed by atoms with Crippen LogP contribution in [0.2, 0.25) is 5.02 Å². The van der Waals surface area contributed by atoms with Crippen LogP contribution in [-0.4, -0.2) is 54.3 Å². The molecule has 0 radical (unpaired) electrons. The molecule has 0 saturated carbocycles. The maximum Gasteiger partial charge on any atom is 0.258 e. The molecule has 4 rings (SSSR count). The van der Waals surface area contributed by atoms with E-state index in [2.05, 4.69) is 4.90 Å². The molecule has 2 aromatic rings. The van der Waals surface area contributed by atoms with Gasteiger partial charge in [-0.2, -0.15) is 0 Å². The third-order valence-electron chi connectivity index (χ3n) is 6.23. The Morgan fingerprint density at radius 3 is 2.40 bits per heavy atom. The van der Waals surface area contributed by atoms with Crippen LogP contribution in [0, 0.1) is 17.7 Å². The van der Waals surface area contributed by atoms with Gasteiger partial charge in [-0.15, -0.1) is 0 Å². The number of amides is 2. The Balaban J connectivity index is 1.29. The number of aryl methyl sites for hydroxylation is 1. The summed E-state index contributed by atoms with van der Waals surface area (Å²) in [4.78, 5) is 28.5. The van der Waals surface area contributed by atoms with E-state index in [4.69, 9.17) is 17.3 Å². The van der Waals surface area contributed by atoms with Crippen molar-refractivity contribution in [3.05, 3.63) is 70.0 Å². The zero-order chi connectivity index (χ0) is 21.3. The van der Waals surface area contributed by atoms with Gasteiger partial charge in [0.2, 0.25) is 5.91 Å². The van der Waals surface area contributed by atoms with Gasteiger partial charge in [0, 0.05) is 31.7 Å². The molecule has 2 heterocycles. The minimum absolute atomic E-state index is 0.0240. The fraction of sp³-hybridized carbons (Fsp3) is 0.391. The second kappa shape index (κ2) is 8.74. The first-order valence-corrected chi connectivity index (χ1v) is 10.6. The Morgan fingerprint density at radius 1 is 1.03 bits per heavy atom. The highest BCUT2D eigenvalue weighted by Crippen LogP contribution is 2.33. The summed E-state index contributed by atoms with van der Waals surface area (Å²) in [5.41, 5.74) is 7.01. The first-order valence-electron chi connectivity index (χ1n) is 10.3. The van der Waals surface area contributed by atoms with E-state index in [-0.39, 0.29) is 22.4 Å². The zero-order valence-corrected chi connectivity index (χ0v) is 17.4. The van der Waals surface area contributed by atoms with Crippen molar-refractivity contribution in [2.24, 2.45) is 17.6 Å². The van der Waals surface area contributed by atoms with Crippen molar-refractivity contribution in [3.8, 4) is 0 Å². The molecule has 2 aromatic carbocycles. The number of halogens is 2. The Morgan fingerprint density at radius 2 is 1.73 bits per heavy atom. The number of nitrogens with zero attached hydrogens (tertiary/aromatic N) is 2. The van der Waals surface area contributed by atoms with E-state index in [0.717, 1.165) is 38.0 Å². The molecule has 5 nitrogen and oxygen atoms in total. The maximum atomic E-state index is 14.1. The smallest absolute Gasteiger partial charge is 0.258 e. The van der Waals surface area contributed by atoms with E-state index in [1.54, 1.807) is 17.0 Å². The third-order valence-corrected chi connectivity index (χ3v) is 6.54. The molecule has 2 saturated heterocycles. The molecule has 2 fully saturated rings. The molecular formula is C23H25ClFN3O2. The fourth-order valence-electron chi connectivity index (χ4n) is 4.77. The third kappa shape index (κ3) is 4.20. The highest BCUT2D eigenvalue weighted by atomic mass is 35.5. The number of primary amides is 1. The fourth-order valence-corrected chi connectivity index (χ4v) is 5.01. The van der Waals surface area contributed by atoms with Crippen molar-refractivity contribution in [2.45, 2.75) is 12.8 Å². The van der Waals surface area contributed by atoms with Crippen LogP contribution in [0.15, 0.2) is 42.5 Å². The van der Waals surface area contributed by atoms with E-state index in [9.17, 15) is 14.0 Å². The second-order valence-corrected chi connectivity index (χ2v) is 8.62. The second-order valence-electron chi connectivity index (χ2n) is 8.21. The summed E-state index contributed by atoms with van der Waals surface area (Å²) in [5, 5.41) is 0.162. The largest absolute Gasteiger partial charge is 0.366 e. The molecule has 7 heteroatoms. The van der Waals surface area contributed by atoms with Gasteiger partial charge in [0.05, 0.1) is 10.6 Å².